The second kappa shape index (κ2) is 6.80. The number of hydrogen-bond donors (Lipinski definition) is 1. The number of carbonyl (C=O) groups excluding carboxylic acids is 1. The van der Waals surface area contributed by atoms with E-state index in [2.05, 4.69) is 35.6 Å². The lowest BCUT2D eigenvalue weighted by Crippen LogP contribution is -2.20. The van der Waals surface area contributed by atoms with Crippen LogP contribution < -0.4 is 5.32 Å². The van der Waals surface area contributed by atoms with Gasteiger partial charge in [-0.3, -0.25) is 4.79 Å². The van der Waals surface area contributed by atoms with Gasteiger partial charge in [-0.15, -0.1) is 0 Å². The highest BCUT2D eigenvalue weighted by molar-refractivity contribution is 5.91. The van der Waals surface area contributed by atoms with Crippen molar-refractivity contribution >= 4 is 11.6 Å². The van der Waals surface area contributed by atoms with E-state index < -0.39 is 0 Å². The quantitative estimate of drug-likeness (QED) is 0.821. The van der Waals surface area contributed by atoms with Gasteiger partial charge in [0.25, 0.3) is 0 Å². The molecule has 1 amide bonds. The van der Waals surface area contributed by atoms with E-state index in [1.165, 1.54) is 36.8 Å². The molecular weight excluding hydrogens is 294 g/mol. The van der Waals surface area contributed by atoms with Gasteiger partial charge in [-0.05, 0) is 60.6 Å². The zero-order chi connectivity index (χ0) is 16.4. The second-order valence-corrected chi connectivity index (χ2v) is 7.51. The van der Waals surface area contributed by atoms with Crippen LogP contribution in [0.25, 0.3) is 0 Å². The maximum absolute atomic E-state index is 12.5. The molecule has 0 unspecified atom stereocenters. The Morgan fingerprint density at radius 3 is 2.50 bits per heavy atom. The van der Waals surface area contributed by atoms with Crippen LogP contribution >= 0.6 is 0 Å². The van der Waals surface area contributed by atoms with Gasteiger partial charge in [0.2, 0.25) is 5.91 Å². The molecule has 4 rings (SSSR count). The lowest BCUT2D eigenvalue weighted by atomic mass is 9.86. The monoisotopic (exact) mass is 319 g/mol. The number of amides is 1. The van der Waals surface area contributed by atoms with Crippen molar-refractivity contribution in [3.8, 4) is 0 Å². The molecule has 0 spiro atoms. The number of nitrogens with one attached hydrogen (secondary N) is 1. The largest absolute Gasteiger partial charge is 0.326 e. The number of anilines is 1. The molecule has 0 aliphatic heterocycles. The Labute approximate surface area is 144 Å². The van der Waals surface area contributed by atoms with Gasteiger partial charge in [0.15, 0.2) is 0 Å². The molecule has 3 atom stereocenters. The van der Waals surface area contributed by atoms with E-state index in [0.29, 0.717) is 12.3 Å². The van der Waals surface area contributed by atoms with E-state index >= 15 is 0 Å². The smallest absolute Gasteiger partial charge is 0.224 e. The zero-order valence-electron chi connectivity index (χ0n) is 14.1. The van der Waals surface area contributed by atoms with Crippen molar-refractivity contribution in [2.24, 2.45) is 17.8 Å². The van der Waals surface area contributed by atoms with Crippen LogP contribution in [-0.2, 0) is 11.2 Å². The van der Waals surface area contributed by atoms with Crippen molar-refractivity contribution in [2.75, 3.05) is 5.32 Å². The minimum Gasteiger partial charge on any atom is -0.326 e. The van der Waals surface area contributed by atoms with Gasteiger partial charge in [-0.1, -0.05) is 55.0 Å². The molecule has 2 bridgehead atoms. The fraction of sp³-hybridized carbons (Fsp3) is 0.409. The Hall–Kier alpha value is -2.09. The van der Waals surface area contributed by atoms with E-state index in [1.807, 2.05) is 24.3 Å². The molecule has 0 radical (unpaired) electrons. The Kier molecular flexibility index (Phi) is 4.38. The molecule has 2 aromatic carbocycles. The van der Waals surface area contributed by atoms with Crippen LogP contribution in [0.15, 0.2) is 54.6 Å². The van der Waals surface area contributed by atoms with E-state index in [4.69, 9.17) is 0 Å². The van der Waals surface area contributed by atoms with Gasteiger partial charge < -0.3 is 5.32 Å². The van der Waals surface area contributed by atoms with Crippen LogP contribution in [-0.4, -0.2) is 5.91 Å². The summed E-state index contributed by atoms with van der Waals surface area (Å²) in [4.78, 5) is 12.5. The third-order valence-electron chi connectivity index (χ3n) is 5.86. The van der Waals surface area contributed by atoms with Gasteiger partial charge in [0.05, 0.1) is 0 Å². The highest BCUT2D eigenvalue weighted by atomic mass is 16.1. The van der Waals surface area contributed by atoms with Crippen molar-refractivity contribution in [3.05, 3.63) is 65.7 Å². The van der Waals surface area contributed by atoms with Crippen molar-refractivity contribution in [1.82, 2.24) is 0 Å². The van der Waals surface area contributed by atoms with Crippen LogP contribution in [0, 0.1) is 17.8 Å². The standard InChI is InChI=1S/C22H25NO/c24-22(15-20-14-17-10-11-18(20)13-17)23-21-9-5-4-8-19(21)12-16-6-2-1-3-7-16/h1-9,17-18,20H,10-15H2,(H,23,24)/t17-,18-,20+/m1/s1. The lowest BCUT2D eigenvalue weighted by molar-refractivity contribution is -0.117. The van der Waals surface area contributed by atoms with Crippen molar-refractivity contribution in [3.63, 3.8) is 0 Å². The van der Waals surface area contributed by atoms with Crippen LogP contribution in [0.2, 0.25) is 0 Å². The number of carbonyl (C=O) groups is 1. The Morgan fingerprint density at radius 2 is 1.75 bits per heavy atom. The van der Waals surface area contributed by atoms with Gasteiger partial charge in [-0.25, -0.2) is 0 Å². The third kappa shape index (κ3) is 3.38. The summed E-state index contributed by atoms with van der Waals surface area (Å²) in [5.74, 6) is 2.51. The summed E-state index contributed by atoms with van der Waals surface area (Å²) in [5, 5.41) is 3.18. The first kappa shape index (κ1) is 15.4. The summed E-state index contributed by atoms with van der Waals surface area (Å²) in [5.41, 5.74) is 3.42. The van der Waals surface area contributed by atoms with E-state index in [-0.39, 0.29) is 5.91 Å². The molecule has 2 fully saturated rings. The average Bonchev–Trinajstić information content (AvgIpc) is 3.20. The summed E-state index contributed by atoms with van der Waals surface area (Å²) in [7, 11) is 0. The van der Waals surface area contributed by atoms with Gasteiger partial charge in [0.1, 0.15) is 0 Å². The lowest BCUT2D eigenvalue weighted by Gasteiger charge is -2.21. The molecular formula is C22H25NO. The molecule has 0 aromatic heterocycles. The summed E-state index contributed by atoms with van der Waals surface area (Å²) >= 11 is 0. The van der Waals surface area contributed by atoms with Crippen LogP contribution in [0.1, 0.15) is 43.2 Å². The maximum Gasteiger partial charge on any atom is 0.224 e. The SMILES string of the molecule is O=C(C[C@@H]1C[C@@H]2CC[C@@H]1C2)Nc1ccccc1Cc1ccccc1. The third-order valence-corrected chi connectivity index (χ3v) is 5.86. The molecule has 2 aliphatic rings. The molecule has 124 valence electrons. The van der Waals surface area contributed by atoms with Crippen LogP contribution in [0.4, 0.5) is 5.69 Å². The minimum absolute atomic E-state index is 0.188. The van der Waals surface area contributed by atoms with Crippen LogP contribution in [0.5, 0.6) is 0 Å². The number of rotatable bonds is 5. The van der Waals surface area contributed by atoms with Crippen molar-refractivity contribution in [1.29, 1.82) is 0 Å². The molecule has 0 heterocycles. The molecule has 2 heteroatoms. The van der Waals surface area contributed by atoms with Gasteiger partial charge in [-0.2, -0.15) is 0 Å². The predicted octanol–water partition coefficient (Wildman–Crippen LogP) is 5.04. The zero-order valence-corrected chi connectivity index (χ0v) is 14.1. The molecule has 1 N–H and O–H groups in total. The first-order chi connectivity index (χ1) is 11.8. The molecule has 0 saturated heterocycles. The summed E-state index contributed by atoms with van der Waals surface area (Å²) in [6, 6.07) is 18.6. The fourth-order valence-corrected chi connectivity index (χ4v) is 4.68. The minimum atomic E-state index is 0.188. The highest BCUT2D eigenvalue weighted by Gasteiger charge is 2.40. The highest BCUT2D eigenvalue weighted by Crippen LogP contribution is 2.49. The number of hydrogen-bond acceptors (Lipinski definition) is 1. The molecule has 2 aliphatic carbocycles. The van der Waals surface area contributed by atoms with Crippen LogP contribution in [0.3, 0.4) is 0 Å². The second-order valence-electron chi connectivity index (χ2n) is 7.51. The average molecular weight is 319 g/mol. The van der Waals surface area contributed by atoms with Crippen molar-refractivity contribution in [2.45, 2.75) is 38.5 Å². The van der Waals surface area contributed by atoms with E-state index in [0.717, 1.165) is 23.9 Å². The Bertz CT molecular complexity index is 709. The topological polar surface area (TPSA) is 29.1 Å². The fourth-order valence-electron chi connectivity index (χ4n) is 4.68. The molecule has 2 saturated carbocycles. The van der Waals surface area contributed by atoms with E-state index in [9.17, 15) is 4.79 Å². The molecule has 2 nitrogen and oxygen atoms in total. The normalized spacial score (nSPS) is 24.9. The van der Waals surface area contributed by atoms with E-state index in [1.54, 1.807) is 0 Å². The predicted molar refractivity (Wildman–Crippen MR) is 97.9 cm³/mol. The van der Waals surface area contributed by atoms with Gasteiger partial charge in [0, 0.05) is 12.1 Å². The number of fused-ring (bicyclic) bond motifs is 2. The first-order valence-corrected chi connectivity index (χ1v) is 9.19. The van der Waals surface area contributed by atoms with Gasteiger partial charge >= 0.3 is 0 Å². The van der Waals surface area contributed by atoms with Crippen molar-refractivity contribution < 1.29 is 4.79 Å². The summed E-state index contributed by atoms with van der Waals surface area (Å²) in [6.07, 6.45) is 6.91. The molecule has 2 aromatic rings. The number of para-hydroxylation sites is 1. The molecule has 24 heavy (non-hydrogen) atoms. The Morgan fingerprint density at radius 1 is 0.958 bits per heavy atom. The maximum atomic E-state index is 12.5. The summed E-state index contributed by atoms with van der Waals surface area (Å²) in [6.45, 7) is 0. The number of benzene rings is 2. The first-order valence-electron chi connectivity index (χ1n) is 9.19. The summed E-state index contributed by atoms with van der Waals surface area (Å²) < 4.78 is 0. The Balaban J connectivity index is 1.41.